The van der Waals surface area contributed by atoms with Gasteiger partial charge < -0.3 is 10.1 Å². The summed E-state index contributed by atoms with van der Waals surface area (Å²) in [4.78, 5) is 17.4. The van der Waals surface area contributed by atoms with E-state index in [2.05, 4.69) is 15.2 Å². The summed E-state index contributed by atoms with van der Waals surface area (Å²) in [6.07, 6.45) is 3.70. The number of hydrogen-bond donors (Lipinski definition) is 1. The first-order chi connectivity index (χ1) is 9.08. The molecule has 7 heteroatoms. The van der Waals surface area contributed by atoms with Crippen molar-refractivity contribution in [2.45, 2.75) is 18.5 Å². The van der Waals surface area contributed by atoms with E-state index in [1.54, 1.807) is 12.4 Å². The van der Waals surface area contributed by atoms with Gasteiger partial charge in [-0.2, -0.15) is 0 Å². The van der Waals surface area contributed by atoms with Crippen LogP contribution in [0.1, 0.15) is 12.0 Å². The number of nitrogens with one attached hydrogen (secondary N) is 1. The van der Waals surface area contributed by atoms with Crippen LogP contribution in [0.3, 0.4) is 0 Å². The van der Waals surface area contributed by atoms with E-state index in [1.165, 1.54) is 0 Å². The number of halogens is 2. The molecule has 1 aromatic heterocycles. The fourth-order valence-corrected chi connectivity index (χ4v) is 3.11. The Morgan fingerprint density at radius 1 is 1.37 bits per heavy atom. The number of carbonyl (C=O) groups excluding carboxylic acids is 1. The van der Waals surface area contributed by atoms with Crippen LogP contribution in [0.4, 0.5) is 4.79 Å². The van der Waals surface area contributed by atoms with Crippen LogP contribution in [-0.2, 0) is 11.3 Å². The molecule has 5 nitrogen and oxygen atoms in total. The highest BCUT2D eigenvalue weighted by Crippen LogP contribution is 2.31. The number of ether oxygens (including phenoxy) is 1. The van der Waals surface area contributed by atoms with Crippen molar-refractivity contribution in [1.29, 1.82) is 0 Å². The van der Waals surface area contributed by atoms with Crippen LogP contribution in [0.25, 0.3) is 0 Å². The molecule has 102 valence electrons. The number of cyclic esters (lactones) is 1. The number of likely N-dealkylation sites (tertiary alicyclic amines) is 1. The predicted molar refractivity (Wildman–Crippen MR) is 71.4 cm³/mol. The molecule has 3 heterocycles. The molecule has 19 heavy (non-hydrogen) atoms. The molecule has 2 aliphatic heterocycles. The van der Waals surface area contributed by atoms with E-state index in [9.17, 15) is 4.79 Å². The number of aromatic nitrogens is 1. The van der Waals surface area contributed by atoms with Gasteiger partial charge in [0.2, 0.25) is 0 Å². The van der Waals surface area contributed by atoms with E-state index in [0.717, 1.165) is 25.1 Å². The Hall–Kier alpha value is -1.04. The molecule has 0 bridgehead atoms. The summed E-state index contributed by atoms with van der Waals surface area (Å²) in [5.74, 6) is 0. The second-order valence-electron chi connectivity index (χ2n) is 5.02. The van der Waals surface area contributed by atoms with Gasteiger partial charge in [0, 0.05) is 44.0 Å². The number of alkyl carbamates (subject to hydrolysis) is 1. The van der Waals surface area contributed by atoms with Gasteiger partial charge in [-0.3, -0.25) is 9.88 Å². The molecule has 0 aromatic carbocycles. The maximum Gasteiger partial charge on any atom is 0.407 e. The normalized spacial score (nSPS) is 21.7. The first kappa shape index (κ1) is 13.0. The summed E-state index contributed by atoms with van der Waals surface area (Å²) in [5, 5.41) is 4.04. The van der Waals surface area contributed by atoms with Gasteiger partial charge in [-0.1, -0.05) is 23.2 Å². The highest BCUT2D eigenvalue weighted by Gasteiger charge is 2.46. The second-order valence-corrected chi connectivity index (χ2v) is 5.83. The van der Waals surface area contributed by atoms with Gasteiger partial charge in [-0.15, -0.1) is 0 Å². The van der Waals surface area contributed by atoms with E-state index in [4.69, 9.17) is 27.9 Å². The molecule has 1 N–H and O–H groups in total. The van der Waals surface area contributed by atoms with E-state index < -0.39 is 0 Å². The average Bonchev–Trinajstić information content (AvgIpc) is 2.32. The van der Waals surface area contributed by atoms with Crippen molar-refractivity contribution < 1.29 is 9.53 Å². The van der Waals surface area contributed by atoms with Gasteiger partial charge in [-0.25, -0.2) is 4.79 Å². The molecule has 1 amide bonds. The predicted octanol–water partition coefficient (Wildman–Crippen LogP) is 2.07. The molecule has 2 fully saturated rings. The number of carbonyl (C=O) groups is 1. The smallest absolute Gasteiger partial charge is 0.407 e. The maximum atomic E-state index is 11.2. The van der Waals surface area contributed by atoms with Crippen LogP contribution in [0, 0.1) is 0 Å². The minimum absolute atomic E-state index is 0.138. The summed E-state index contributed by atoms with van der Waals surface area (Å²) in [7, 11) is 0. The Bertz CT molecular complexity index is 497. The summed E-state index contributed by atoms with van der Waals surface area (Å²) in [6.45, 7) is 2.73. The van der Waals surface area contributed by atoms with Crippen molar-refractivity contribution in [3.05, 3.63) is 28.0 Å². The molecular weight excluding hydrogens is 289 g/mol. The molecule has 2 aliphatic rings. The molecule has 0 atom stereocenters. The van der Waals surface area contributed by atoms with Gasteiger partial charge in [0.05, 0.1) is 22.2 Å². The van der Waals surface area contributed by atoms with Crippen LogP contribution in [0.15, 0.2) is 12.4 Å². The average molecular weight is 302 g/mol. The van der Waals surface area contributed by atoms with Crippen molar-refractivity contribution in [1.82, 2.24) is 15.2 Å². The molecule has 0 unspecified atom stereocenters. The maximum absolute atomic E-state index is 11.2. The Morgan fingerprint density at radius 2 is 2.05 bits per heavy atom. The van der Waals surface area contributed by atoms with Crippen molar-refractivity contribution >= 4 is 29.3 Å². The van der Waals surface area contributed by atoms with Crippen molar-refractivity contribution in [2.75, 3.05) is 19.7 Å². The highest BCUT2D eigenvalue weighted by molar-refractivity contribution is 6.35. The van der Waals surface area contributed by atoms with E-state index >= 15 is 0 Å². The molecule has 1 aromatic rings. The minimum Gasteiger partial charge on any atom is -0.449 e. The third-order valence-electron chi connectivity index (χ3n) is 3.57. The first-order valence-corrected chi connectivity index (χ1v) is 6.79. The Labute approximate surface area is 120 Å². The number of amides is 1. The molecule has 0 saturated carbocycles. The van der Waals surface area contributed by atoms with Gasteiger partial charge in [0.25, 0.3) is 0 Å². The van der Waals surface area contributed by atoms with Gasteiger partial charge in [0.1, 0.15) is 0 Å². The van der Waals surface area contributed by atoms with Crippen molar-refractivity contribution in [2.24, 2.45) is 0 Å². The van der Waals surface area contributed by atoms with Crippen molar-refractivity contribution in [3.8, 4) is 0 Å². The monoisotopic (exact) mass is 301 g/mol. The van der Waals surface area contributed by atoms with Crippen LogP contribution >= 0.6 is 23.2 Å². The zero-order chi connectivity index (χ0) is 13.5. The lowest BCUT2D eigenvalue weighted by atomic mass is 9.85. The number of rotatable bonds is 2. The van der Waals surface area contributed by atoms with Gasteiger partial charge in [0.15, 0.2) is 0 Å². The SMILES string of the molecule is O=C1NC2(CCO1)CN(Cc1c(Cl)cncc1Cl)C2. The molecule has 2 saturated heterocycles. The molecule has 3 rings (SSSR count). The standard InChI is InChI=1S/C12H13Cl2N3O2/c13-9-3-15-4-10(14)8(9)5-17-6-12(7-17)1-2-19-11(18)16-12/h3-4H,1-2,5-7H2,(H,16,18). The Kier molecular flexibility index (Phi) is 3.28. The highest BCUT2D eigenvalue weighted by atomic mass is 35.5. The summed E-state index contributed by atoms with van der Waals surface area (Å²) in [6, 6.07) is 0. The zero-order valence-electron chi connectivity index (χ0n) is 10.2. The second kappa shape index (κ2) is 4.81. The first-order valence-electron chi connectivity index (χ1n) is 6.03. The van der Waals surface area contributed by atoms with Gasteiger partial charge in [-0.05, 0) is 0 Å². The van der Waals surface area contributed by atoms with E-state index in [1.807, 2.05) is 0 Å². The minimum atomic E-state index is -0.328. The molecule has 0 radical (unpaired) electrons. The Balaban J connectivity index is 1.64. The van der Waals surface area contributed by atoms with Crippen molar-refractivity contribution in [3.63, 3.8) is 0 Å². The fraction of sp³-hybridized carbons (Fsp3) is 0.500. The zero-order valence-corrected chi connectivity index (χ0v) is 11.7. The lowest BCUT2D eigenvalue weighted by Crippen LogP contribution is -2.71. The molecule has 1 spiro atoms. The number of nitrogens with zero attached hydrogens (tertiary/aromatic N) is 2. The largest absolute Gasteiger partial charge is 0.449 e. The van der Waals surface area contributed by atoms with E-state index in [0.29, 0.717) is 23.2 Å². The number of hydrogen-bond acceptors (Lipinski definition) is 4. The topological polar surface area (TPSA) is 54.5 Å². The third kappa shape index (κ3) is 2.50. The summed E-state index contributed by atoms with van der Waals surface area (Å²) < 4.78 is 4.88. The molecular formula is C12H13Cl2N3O2. The third-order valence-corrected chi connectivity index (χ3v) is 4.22. The Morgan fingerprint density at radius 3 is 2.68 bits per heavy atom. The summed E-state index contributed by atoms with van der Waals surface area (Å²) in [5.41, 5.74) is 0.743. The van der Waals surface area contributed by atoms with Crippen LogP contribution in [0.2, 0.25) is 10.0 Å². The molecule has 0 aliphatic carbocycles. The van der Waals surface area contributed by atoms with Crippen LogP contribution < -0.4 is 5.32 Å². The summed E-state index contributed by atoms with van der Waals surface area (Å²) >= 11 is 12.2. The van der Waals surface area contributed by atoms with Gasteiger partial charge >= 0.3 is 6.09 Å². The van der Waals surface area contributed by atoms with Crippen LogP contribution in [-0.4, -0.2) is 41.2 Å². The number of pyridine rings is 1. The van der Waals surface area contributed by atoms with E-state index in [-0.39, 0.29) is 11.6 Å². The lowest BCUT2D eigenvalue weighted by Gasteiger charge is -2.52. The fourth-order valence-electron chi connectivity index (χ4n) is 2.63. The van der Waals surface area contributed by atoms with Crippen LogP contribution in [0.5, 0.6) is 0 Å². The quantitative estimate of drug-likeness (QED) is 0.908. The lowest BCUT2D eigenvalue weighted by molar-refractivity contribution is -0.0102.